The van der Waals surface area contributed by atoms with Crippen molar-refractivity contribution in [2.45, 2.75) is 6.92 Å². The predicted octanol–water partition coefficient (Wildman–Crippen LogP) is 4.01. The van der Waals surface area contributed by atoms with E-state index in [1.807, 2.05) is 60.8 Å². The number of benzene rings is 2. The maximum atomic E-state index is 12.8. The lowest BCUT2D eigenvalue weighted by molar-refractivity contribution is -0.116. The second-order valence-electron chi connectivity index (χ2n) is 6.91. The van der Waals surface area contributed by atoms with Crippen LogP contribution < -0.4 is 15.0 Å². The number of ether oxygens (including phenoxy) is 1. The number of anilines is 2. The zero-order valence-electron chi connectivity index (χ0n) is 16.8. The molecule has 2 aromatic carbocycles. The van der Waals surface area contributed by atoms with Gasteiger partial charge in [-0.05, 0) is 31.2 Å². The highest BCUT2D eigenvalue weighted by Gasteiger charge is 2.32. The van der Waals surface area contributed by atoms with Crippen LogP contribution in [-0.4, -0.2) is 48.6 Å². The fourth-order valence-electron chi connectivity index (χ4n) is 3.43. The van der Waals surface area contributed by atoms with Crippen molar-refractivity contribution >= 4 is 34.6 Å². The van der Waals surface area contributed by atoms with Crippen LogP contribution in [0.15, 0.2) is 53.9 Å². The molecule has 4 rings (SSSR count). The number of methoxy groups -OCH3 is 1. The Morgan fingerprint density at radius 2 is 2.03 bits per heavy atom. The third-order valence-electron chi connectivity index (χ3n) is 4.87. The van der Waals surface area contributed by atoms with Gasteiger partial charge in [0.2, 0.25) is 5.91 Å². The van der Waals surface area contributed by atoms with Crippen LogP contribution in [0.3, 0.4) is 0 Å². The van der Waals surface area contributed by atoms with E-state index in [1.165, 1.54) is 4.90 Å². The van der Waals surface area contributed by atoms with Gasteiger partial charge in [0.1, 0.15) is 12.3 Å². The van der Waals surface area contributed by atoms with Crippen molar-refractivity contribution in [1.29, 1.82) is 0 Å². The first-order valence-corrected chi connectivity index (χ1v) is 10.4. The number of aryl methyl sites for hydroxylation is 1. The summed E-state index contributed by atoms with van der Waals surface area (Å²) < 4.78 is 5.35. The van der Waals surface area contributed by atoms with Gasteiger partial charge in [-0.15, -0.1) is 11.3 Å². The molecule has 154 valence electrons. The first-order valence-electron chi connectivity index (χ1n) is 9.57. The van der Waals surface area contributed by atoms with E-state index < -0.39 is 0 Å². The molecule has 0 radical (unpaired) electrons. The van der Waals surface area contributed by atoms with Crippen molar-refractivity contribution in [2.24, 2.45) is 0 Å². The molecule has 0 atom stereocenters. The van der Waals surface area contributed by atoms with Crippen LogP contribution in [-0.2, 0) is 4.79 Å². The van der Waals surface area contributed by atoms with Gasteiger partial charge in [0, 0.05) is 29.7 Å². The first-order chi connectivity index (χ1) is 14.5. The Labute approximate surface area is 178 Å². The lowest BCUT2D eigenvalue weighted by Crippen LogP contribution is -2.37. The SMILES string of the molecule is COc1ccccc1N1CCN(CC(=O)Nc2cccc(-c3csc(C)n3)c2)C1=O. The Bertz CT molecular complexity index is 1080. The Morgan fingerprint density at radius 1 is 1.20 bits per heavy atom. The molecule has 3 aromatic rings. The number of para-hydroxylation sites is 2. The molecule has 0 unspecified atom stereocenters. The predicted molar refractivity (Wildman–Crippen MR) is 118 cm³/mol. The summed E-state index contributed by atoms with van der Waals surface area (Å²) in [4.78, 5) is 33.0. The van der Waals surface area contributed by atoms with Crippen LogP contribution >= 0.6 is 11.3 Å². The van der Waals surface area contributed by atoms with Gasteiger partial charge in [0.05, 0.1) is 23.5 Å². The zero-order valence-corrected chi connectivity index (χ0v) is 17.6. The number of nitrogens with zero attached hydrogens (tertiary/aromatic N) is 3. The molecule has 1 fully saturated rings. The number of urea groups is 1. The van der Waals surface area contributed by atoms with Gasteiger partial charge in [0.15, 0.2) is 0 Å². The van der Waals surface area contributed by atoms with E-state index in [4.69, 9.17) is 4.74 Å². The fourth-order valence-corrected chi connectivity index (χ4v) is 4.05. The van der Waals surface area contributed by atoms with Gasteiger partial charge in [-0.2, -0.15) is 0 Å². The number of aromatic nitrogens is 1. The number of carbonyl (C=O) groups excluding carboxylic acids is 2. The zero-order chi connectivity index (χ0) is 21.1. The van der Waals surface area contributed by atoms with Gasteiger partial charge >= 0.3 is 6.03 Å². The molecule has 1 aliphatic rings. The number of hydrogen-bond donors (Lipinski definition) is 1. The molecule has 1 saturated heterocycles. The van der Waals surface area contributed by atoms with Crippen molar-refractivity contribution < 1.29 is 14.3 Å². The molecule has 0 saturated carbocycles. The smallest absolute Gasteiger partial charge is 0.325 e. The van der Waals surface area contributed by atoms with E-state index in [9.17, 15) is 9.59 Å². The highest BCUT2D eigenvalue weighted by Crippen LogP contribution is 2.30. The second-order valence-corrected chi connectivity index (χ2v) is 7.97. The summed E-state index contributed by atoms with van der Waals surface area (Å²) in [7, 11) is 1.58. The average Bonchev–Trinajstić information content (AvgIpc) is 3.34. The Morgan fingerprint density at radius 3 is 2.80 bits per heavy atom. The highest BCUT2D eigenvalue weighted by atomic mass is 32.1. The number of thiazole rings is 1. The van der Waals surface area contributed by atoms with E-state index in [2.05, 4.69) is 10.3 Å². The lowest BCUT2D eigenvalue weighted by Gasteiger charge is -2.20. The number of amides is 3. The van der Waals surface area contributed by atoms with Gasteiger partial charge in [0.25, 0.3) is 0 Å². The molecular weight excluding hydrogens is 400 g/mol. The summed E-state index contributed by atoms with van der Waals surface area (Å²) in [6.45, 7) is 2.93. The standard InChI is InChI=1S/C22H22N4O3S/c1-15-23-18(14-30-15)16-6-5-7-17(12-16)24-21(27)13-25-10-11-26(22(25)28)19-8-3-4-9-20(19)29-2/h3-9,12,14H,10-11,13H2,1-2H3,(H,24,27). The quantitative estimate of drug-likeness (QED) is 0.651. The highest BCUT2D eigenvalue weighted by molar-refractivity contribution is 7.09. The third kappa shape index (κ3) is 4.13. The van der Waals surface area contributed by atoms with Gasteiger partial charge < -0.3 is 15.0 Å². The van der Waals surface area contributed by atoms with Crippen LogP contribution in [0.5, 0.6) is 5.75 Å². The molecule has 30 heavy (non-hydrogen) atoms. The molecule has 0 bridgehead atoms. The largest absolute Gasteiger partial charge is 0.495 e. The lowest BCUT2D eigenvalue weighted by atomic mass is 10.1. The van der Waals surface area contributed by atoms with Crippen molar-refractivity contribution in [3.63, 3.8) is 0 Å². The molecule has 0 spiro atoms. The topological polar surface area (TPSA) is 74.8 Å². The van der Waals surface area contributed by atoms with Crippen LogP contribution in [0.2, 0.25) is 0 Å². The minimum atomic E-state index is -0.239. The van der Waals surface area contributed by atoms with E-state index in [1.54, 1.807) is 23.3 Å². The van der Waals surface area contributed by atoms with E-state index in [0.29, 0.717) is 30.2 Å². The van der Waals surface area contributed by atoms with E-state index in [0.717, 1.165) is 16.3 Å². The molecule has 1 aliphatic heterocycles. The summed E-state index contributed by atoms with van der Waals surface area (Å²) in [5.74, 6) is 0.392. The summed E-state index contributed by atoms with van der Waals surface area (Å²) in [6.07, 6.45) is 0. The van der Waals surface area contributed by atoms with Crippen molar-refractivity contribution in [3.05, 3.63) is 58.9 Å². The average molecular weight is 423 g/mol. The number of nitrogens with one attached hydrogen (secondary N) is 1. The van der Waals surface area contributed by atoms with Gasteiger partial charge in [-0.3, -0.25) is 9.69 Å². The van der Waals surface area contributed by atoms with Gasteiger partial charge in [-0.25, -0.2) is 9.78 Å². The Kier molecular flexibility index (Phi) is 5.67. The van der Waals surface area contributed by atoms with Crippen molar-refractivity contribution in [3.8, 4) is 17.0 Å². The fraction of sp³-hybridized carbons (Fsp3) is 0.227. The summed E-state index contributed by atoms with van der Waals surface area (Å²) in [5, 5.41) is 5.87. The van der Waals surface area contributed by atoms with Crippen LogP contribution in [0.1, 0.15) is 5.01 Å². The van der Waals surface area contributed by atoms with E-state index >= 15 is 0 Å². The molecule has 3 amide bonds. The third-order valence-corrected chi connectivity index (χ3v) is 5.64. The minimum absolute atomic E-state index is 0.00941. The number of carbonyl (C=O) groups is 2. The first kappa shape index (κ1) is 19.9. The van der Waals surface area contributed by atoms with Crippen molar-refractivity contribution in [2.75, 3.05) is 37.0 Å². The molecule has 8 heteroatoms. The maximum absolute atomic E-state index is 12.8. The summed E-state index contributed by atoms with van der Waals surface area (Å²) >= 11 is 1.59. The molecule has 2 heterocycles. The van der Waals surface area contributed by atoms with Crippen molar-refractivity contribution in [1.82, 2.24) is 9.88 Å². The minimum Gasteiger partial charge on any atom is -0.495 e. The Balaban J connectivity index is 1.41. The molecule has 0 aliphatic carbocycles. The Hall–Kier alpha value is -3.39. The van der Waals surface area contributed by atoms with E-state index in [-0.39, 0.29) is 18.5 Å². The summed E-state index contributed by atoms with van der Waals surface area (Å²) in [5.41, 5.74) is 3.21. The monoisotopic (exact) mass is 422 g/mol. The van der Waals surface area contributed by atoms with Crippen LogP contribution in [0.25, 0.3) is 11.3 Å². The second kappa shape index (κ2) is 8.54. The normalized spacial score (nSPS) is 13.6. The van der Waals surface area contributed by atoms with Crippen LogP contribution in [0.4, 0.5) is 16.2 Å². The molecule has 1 aromatic heterocycles. The maximum Gasteiger partial charge on any atom is 0.325 e. The van der Waals surface area contributed by atoms with Gasteiger partial charge in [-0.1, -0.05) is 24.3 Å². The molecular formula is C22H22N4O3S. The number of hydrogen-bond acceptors (Lipinski definition) is 5. The van der Waals surface area contributed by atoms with Crippen LogP contribution in [0, 0.1) is 6.92 Å². The molecule has 1 N–H and O–H groups in total. The number of rotatable bonds is 6. The summed E-state index contributed by atoms with van der Waals surface area (Å²) in [6, 6.07) is 14.7. The molecule has 7 nitrogen and oxygen atoms in total.